The maximum atomic E-state index is 15.4. The first-order valence-electron chi connectivity index (χ1n) is 34.0. The molecule has 470 valence electrons. The molecule has 1 aromatic heterocycles. The van der Waals surface area contributed by atoms with Crippen molar-refractivity contribution in [2.75, 3.05) is 20.2 Å². The van der Waals surface area contributed by atoms with Crippen LogP contribution < -0.4 is 26.4 Å². The molecule has 5 saturated carbocycles. The number of carbonyl (C=O) groups excluding carboxylic acids is 2. The Kier molecular flexibility index (Phi) is 15.4. The maximum Gasteiger partial charge on any atom is 0.160 e. The Labute approximate surface area is 523 Å². The van der Waals surface area contributed by atoms with Crippen LogP contribution in [0.15, 0.2) is 84.3 Å². The molecule has 4 aromatic rings. The summed E-state index contributed by atoms with van der Waals surface area (Å²) in [6, 6.07) is 17.8. The Balaban J connectivity index is 0.793. The molecular weight excluding hydrogens is 1110 g/mol. The predicted molar refractivity (Wildman–Crippen MR) is 340 cm³/mol. The molecule has 1 saturated heterocycles. The first kappa shape index (κ1) is 59.4. The number of aromatic nitrogens is 1. The minimum Gasteiger partial charge on any atom is -0.504 e. The van der Waals surface area contributed by atoms with Gasteiger partial charge in [-0.25, -0.2) is 0 Å². The number of fused-ring (bicyclic) bond motifs is 6. The van der Waals surface area contributed by atoms with Gasteiger partial charge in [-0.1, -0.05) is 85.6 Å². The average Bonchev–Trinajstić information content (AvgIpc) is 1.67. The number of Topliss-reactive ketones (excluding diaryl/α,β-unsaturated/α-hetero) is 2. The van der Waals surface area contributed by atoms with Gasteiger partial charge in [0.1, 0.15) is 11.2 Å². The van der Waals surface area contributed by atoms with Gasteiger partial charge in [-0.2, -0.15) is 0 Å². The summed E-state index contributed by atoms with van der Waals surface area (Å²) in [7, 11) is 1.49. The van der Waals surface area contributed by atoms with Crippen molar-refractivity contribution in [1.29, 1.82) is 0 Å². The lowest BCUT2D eigenvalue weighted by molar-refractivity contribution is -0.158. The Bertz CT molecular complexity index is 3630. The molecule has 6 fully saturated rings. The molecule has 4 bridgehead atoms. The Morgan fingerprint density at radius 2 is 1.70 bits per heavy atom. The van der Waals surface area contributed by atoms with Gasteiger partial charge in [-0.15, -0.1) is 5.92 Å². The van der Waals surface area contributed by atoms with Crippen LogP contribution >= 0.6 is 0 Å². The van der Waals surface area contributed by atoms with Crippen molar-refractivity contribution in [3.05, 3.63) is 118 Å². The number of nitrogens with one attached hydrogen (secondary N) is 4. The molecule has 3 aromatic carbocycles. The number of hydrogen-bond acceptors (Lipinski definition) is 13. The van der Waals surface area contributed by atoms with Crippen LogP contribution in [0, 0.1) is 87.8 Å². The van der Waals surface area contributed by atoms with Crippen LogP contribution in [0.2, 0.25) is 0 Å². The number of hydrogen-bond donors (Lipinski definition) is 11. The van der Waals surface area contributed by atoms with Crippen molar-refractivity contribution in [2.24, 2.45) is 69.8 Å². The second kappa shape index (κ2) is 23.0. The Morgan fingerprint density at radius 1 is 0.865 bits per heavy atom. The van der Waals surface area contributed by atoms with Gasteiger partial charge in [0, 0.05) is 90.8 Å². The second-order valence-corrected chi connectivity index (χ2v) is 29.9. The monoisotopic (exact) mass is 1210 g/mol. The molecule has 20 unspecified atom stereocenters. The average molecular weight is 1210 g/mol. The molecule has 12 aliphatic rings. The number of allylic oxidation sites excluding steroid dienone is 2. The topological polar surface area (TPSA) is 243 Å². The van der Waals surface area contributed by atoms with E-state index in [0.717, 1.165) is 72.5 Å². The Morgan fingerprint density at radius 3 is 2.49 bits per heavy atom. The first-order chi connectivity index (χ1) is 43.0. The summed E-state index contributed by atoms with van der Waals surface area (Å²) in [5.74, 6) is 15.5. The number of carbonyl (C=O) groups is 2. The molecule has 5 heterocycles. The molecule has 2 spiro atoms. The lowest BCUT2D eigenvalue weighted by Crippen LogP contribution is -2.71. The molecule has 12 N–H and O–H groups in total. The van der Waals surface area contributed by atoms with Gasteiger partial charge in [-0.05, 0) is 206 Å². The zero-order valence-corrected chi connectivity index (χ0v) is 51.7. The first-order valence-corrected chi connectivity index (χ1v) is 34.0. The van der Waals surface area contributed by atoms with Gasteiger partial charge in [0.05, 0.1) is 31.2 Å². The highest BCUT2D eigenvalue weighted by atomic mass is 16.5. The van der Waals surface area contributed by atoms with E-state index in [1.807, 2.05) is 18.2 Å². The summed E-state index contributed by atoms with van der Waals surface area (Å²) < 4.78 is 5.64. The number of aromatic amines is 1. The summed E-state index contributed by atoms with van der Waals surface area (Å²) in [5.41, 5.74) is 12.1. The number of benzene rings is 3. The number of H-pyrrole nitrogens is 1. The van der Waals surface area contributed by atoms with E-state index >= 15 is 9.59 Å². The van der Waals surface area contributed by atoms with E-state index in [4.69, 9.17) is 10.5 Å². The Hall–Kier alpha value is -5.94. The molecule has 20 atom stereocenters. The van der Waals surface area contributed by atoms with Crippen LogP contribution in [0.1, 0.15) is 173 Å². The second-order valence-electron chi connectivity index (χ2n) is 29.9. The number of aliphatic hydroxyl groups excluding tert-OH is 4. The number of nitrogens with two attached hydrogens (primary N) is 1. The van der Waals surface area contributed by atoms with Crippen molar-refractivity contribution >= 4 is 22.3 Å². The normalized spacial score (nSPS) is 37.3. The SMILES string of the molecule is COc1cc2c(cc1O)C(CC(O)C(O)CC(C1=CCNC(N)=C1)c1ccc3ccccc3c1)C#CC1(CCC(C3C4CNC5(C)CCCC5C#CCC5NC6CC(=O)C7C8c9c(c[nH]c9C4C(C5C3CCC(O)O)C68)CC73CCCC3)CC1O)C(=O)CC2. The molecule has 0 radical (unpaired) electrons. The molecule has 16 rings (SSSR count). The van der Waals surface area contributed by atoms with Crippen LogP contribution in [0.5, 0.6) is 11.5 Å². The van der Waals surface area contributed by atoms with Crippen LogP contribution in [0.4, 0.5) is 0 Å². The molecule has 14 heteroatoms. The number of phenolic OH excluding ortho intramolecular Hbond substituents is 1. The van der Waals surface area contributed by atoms with Crippen molar-refractivity contribution in [3.8, 4) is 35.2 Å². The highest BCUT2D eigenvalue weighted by Gasteiger charge is 2.70. The number of rotatable bonds is 12. The number of aliphatic hydroxyl groups is 5. The molecular formula is C75H91N5O9. The highest BCUT2D eigenvalue weighted by Crippen LogP contribution is 2.72. The molecule has 0 amide bonds. The van der Waals surface area contributed by atoms with Gasteiger partial charge in [0.25, 0.3) is 0 Å². The van der Waals surface area contributed by atoms with Gasteiger partial charge in [0.2, 0.25) is 0 Å². The largest absolute Gasteiger partial charge is 0.504 e. The van der Waals surface area contributed by atoms with Crippen LogP contribution in [-0.2, 0) is 22.4 Å². The summed E-state index contributed by atoms with van der Waals surface area (Å²) >= 11 is 0. The fourth-order valence-corrected chi connectivity index (χ4v) is 21.8. The molecule has 89 heavy (non-hydrogen) atoms. The van der Waals surface area contributed by atoms with Crippen molar-refractivity contribution in [1.82, 2.24) is 20.9 Å². The van der Waals surface area contributed by atoms with Crippen LogP contribution in [0.3, 0.4) is 0 Å². The van der Waals surface area contributed by atoms with Crippen molar-refractivity contribution < 1.29 is 45.0 Å². The molecule has 4 aliphatic heterocycles. The summed E-state index contributed by atoms with van der Waals surface area (Å²) in [6.07, 6.45) is 13.5. The third kappa shape index (κ3) is 9.94. The van der Waals surface area contributed by atoms with E-state index < -0.39 is 35.9 Å². The van der Waals surface area contributed by atoms with Crippen LogP contribution in [-0.4, -0.2) is 110 Å². The molecule has 14 nitrogen and oxygen atoms in total. The van der Waals surface area contributed by atoms with E-state index in [1.165, 1.54) is 36.8 Å². The van der Waals surface area contributed by atoms with E-state index in [0.29, 0.717) is 62.2 Å². The molecule has 8 aliphatic carbocycles. The number of dihydropyridines is 1. The highest BCUT2D eigenvalue weighted by molar-refractivity contribution is 5.89. The summed E-state index contributed by atoms with van der Waals surface area (Å²) in [6.45, 7) is 3.63. The number of aromatic hydroxyl groups is 1. The van der Waals surface area contributed by atoms with Crippen LogP contribution in [0.25, 0.3) is 10.8 Å². The minimum absolute atomic E-state index is 0.00437. The van der Waals surface area contributed by atoms with E-state index in [9.17, 15) is 30.6 Å². The number of methoxy groups -OCH3 is 1. The number of aryl methyl sites for hydroxylation is 1. The van der Waals surface area contributed by atoms with Crippen molar-refractivity contribution in [3.63, 3.8) is 0 Å². The summed E-state index contributed by atoms with van der Waals surface area (Å²) in [4.78, 5) is 34.5. The zero-order valence-electron chi connectivity index (χ0n) is 51.7. The van der Waals surface area contributed by atoms with Gasteiger partial charge in [0.15, 0.2) is 23.6 Å². The zero-order chi connectivity index (χ0) is 61.3. The standard InChI is InChI=1S/C75H91N5O9/c1-73-23-8-12-48(73)11-7-13-53-66-49(17-19-63(87)88)64(52(39-79-73)67-69(66)68-54(80-53)36-58(84)71-70(68)65-47(38-78-72(65)67)37-74(71)24-5-6-25-74)46-21-27-75(61(86)32-46)26-20-44(51-35-57(83)59(89-2)31-43(51)16-18-60(75)85)30-55(81)56(82)34-50(45-22-28-77-62(76)33-45)42-15-14-40-9-3-4-10-41(40)29-42/h3-4,9-10,14-15,22,29,31,33,35,38,44,46,48-50,52-56,61,63-64,66-71,77-83,86-88H,5-6,8,12-13,16-19,21,23-25,27-28,30,32,34,36-37,39,76H2,1-2H3. The smallest absolute Gasteiger partial charge is 0.160 e. The third-order valence-electron chi connectivity index (χ3n) is 25.6. The third-order valence-corrected chi connectivity index (χ3v) is 25.6. The minimum atomic E-state index is -1.49. The lowest BCUT2D eigenvalue weighted by Gasteiger charge is -2.68. The van der Waals surface area contributed by atoms with Gasteiger partial charge >= 0.3 is 0 Å². The lowest BCUT2D eigenvalue weighted by atomic mass is 9.38. The number of phenols is 1. The van der Waals surface area contributed by atoms with E-state index in [1.54, 1.807) is 12.1 Å². The predicted octanol–water partition coefficient (Wildman–Crippen LogP) is 8.53. The maximum absolute atomic E-state index is 15.4. The van der Waals surface area contributed by atoms with E-state index in [-0.39, 0.29) is 143 Å². The number of ether oxygens (including phenoxy) is 1. The number of piperidine rings is 1. The van der Waals surface area contributed by atoms with E-state index in [2.05, 4.69) is 94.1 Å². The van der Waals surface area contributed by atoms with Gasteiger partial charge < -0.3 is 62.0 Å². The quantitative estimate of drug-likeness (QED) is 0.0471. The summed E-state index contributed by atoms with van der Waals surface area (Å²) in [5, 5.41) is 85.1. The van der Waals surface area contributed by atoms with Crippen molar-refractivity contribution in [2.45, 2.75) is 195 Å². The van der Waals surface area contributed by atoms with Gasteiger partial charge in [-0.3, -0.25) is 9.59 Å². The fourth-order valence-electron chi connectivity index (χ4n) is 21.8. The number of ketones is 2. The fraction of sp³-hybridized carbons (Fsp3) is 0.600.